The lowest BCUT2D eigenvalue weighted by Gasteiger charge is -2.03. The quantitative estimate of drug-likeness (QED) is 0.282. The van der Waals surface area contributed by atoms with Gasteiger partial charge in [0.05, 0.1) is 18.8 Å². The average molecular weight is 150 g/mol. The number of hydrogen-bond acceptors (Lipinski definition) is 3. The molecule has 0 rings (SSSR count). The largest absolute Gasteiger partial charge is 0.478 e. The minimum Gasteiger partial charge on any atom is -0.478 e. The summed E-state index contributed by atoms with van der Waals surface area (Å²) < 4.78 is 5.01. The van der Waals surface area contributed by atoms with Crippen LogP contribution in [-0.4, -0.2) is 6.61 Å². The maximum Gasteiger partial charge on any atom is 0.209 e. The van der Waals surface area contributed by atoms with Crippen LogP contribution in [0.15, 0.2) is 12.0 Å². The molecular weight excluding hydrogens is 140 g/mol. The molecule has 0 saturated carbocycles. The van der Waals surface area contributed by atoms with Crippen LogP contribution in [0.1, 0.15) is 13.8 Å². The second-order valence-electron chi connectivity index (χ2n) is 1.57. The van der Waals surface area contributed by atoms with Gasteiger partial charge in [0, 0.05) is 6.04 Å². The third-order valence-electron chi connectivity index (χ3n) is 0.806. The summed E-state index contributed by atoms with van der Waals surface area (Å²) in [5.74, 6) is 3.02. The van der Waals surface area contributed by atoms with Crippen molar-refractivity contribution in [3.05, 3.63) is 12.0 Å². The number of hydrogen-bond donors (Lipinski definition) is 1. The summed E-state index contributed by atoms with van der Waals surface area (Å²) in [6, 6.07) is 4.42. The summed E-state index contributed by atoms with van der Waals surface area (Å²) in [4.78, 5) is 0. The number of rotatable bonds is 3. The fourth-order valence-electron chi connectivity index (χ4n) is 0.452. The number of ether oxygens (including phenoxy) is 1. The van der Waals surface area contributed by atoms with E-state index in [2.05, 4.69) is 17.3 Å². The second kappa shape index (κ2) is 6.51. The van der Waals surface area contributed by atoms with Crippen LogP contribution >= 0.6 is 0 Å². The number of nitrogens with zero attached hydrogens (tertiary/aromatic N) is 1. The predicted octanol–water partition coefficient (Wildman–Crippen LogP) is 0.958. The Kier molecular flexibility index (Phi) is 5.56. The first-order valence-electron chi connectivity index (χ1n) is 3.25. The number of nitriles is 1. The Morgan fingerprint density at radius 3 is 2.91 bits per heavy atom. The highest BCUT2D eigenvalue weighted by atomic mass is 16.5. The van der Waals surface area contributed by atoms with Gasteiger partial charge in [-0.25, -0.2) is 0 Å². The molecule has 0 spiro atoms. The Morgan fingerprint density at radius 2 is 2.45 bits per heavy atom. The Morgan fingerprint density at radius 1 is 1.73 bits per heavy atom. The lowest BCUT2D eigenvalue weighted by molar-refractivity contribution is 0.216. The van der Waals surface area contributed by atoms with Crippen molar-refractivity contribution in [2.45, 2.75) is 13.8 Å². The third-order valence-corrected chi connectivity index (χ3v) is 0.806. The monoisotopic (exact) mass is 150 g/mol. The van der Waals surface area contributed by atoms with E-state index < -0.39 is 0 Å². The van der Waals surface area contributed by atoms with Gasteiger partial charge in [0.25, 0.3) is 0 Å². The zero-order chi connectivity index (χ0) is 8.53. The highest BCUT2D eigenvalue weighted by Gasteiger charge is 1.90. The summed E-state index contributed by atoms with van der Waals surface area (Å²) in [6.45, 7) is 4.06. The zero-order valence-electron chi connectivity index (χ0n) is 6.64. The van der Waals surface area contributed by atoms with Gasteiger partial charge in [-0.15, -0.1) is 0 Å². The van der Waals surface area contributed by atoms with E-state index >= 15 is 0 Å². The summed E-state index contributed by atoms with van der Waals surface area (Å²) in [7, 11) is 0. The number of nitrogens with one attached hydrogen (secondary N) is 1. The van der Waals surface area contributed by atoms with Gasteiger partial charge in [-0.1, -0.05) is 5.92 Å². The molecular formula is C8H10N2O. The predicted molar refractivity (Wildman–Crippen MR) is 41.9 cm³/mol. The number of allylic oxidation sites excluding steroid dienone is 1. The fraction of sp³-hybridized carbons (Fsp3) is 0.375. The maximum atomic E-state index is 8.27. The summed E-state index contributed by atoms with van der Waals surface area (Å²) in [5.41, 5.74) is 0. The lowest BCUT2D eigenvalue weighted by atomic mass is 10.6. The van der Waals surface area contributed by atoms with Gasteiger partial charge in [0.1, 0.15) is 0 Å². The molecule has 0 aliphatic heterocycles. The van der Waals surface area contributed by atoms with E-state index in [1.807, 2.05) is 13.0 Å². The van der Waals surface area contributed by atoms with Crippen molar-refractivity contribution in [3.63, 3.8) is 0 Å². The first-order valence-corrected chi connectivity index (χ1v) is 3.25. The van der Waals surface area contributed by atoms with E-state index in [4.69, 9.17) is 10.00 Å². The maximum absolute atomic E-state index is 8.27. The van der Waals surface area contributed by atoms with Gasteiger partial charge in [0.15, 0.2) is 0 Å². The van der Waals surface area contributed by atoms with Crippen LogP contribution in [0.3, 0.4) is 0 Å². The molecule has 0 fully saturated rings. The van der Waals surface area contributed by atoms with Crippen molar-refractivity contribution in [2.75, 3.05) is 6.61 Å². The Balaban J connectivity index is 3.99. The van der Waals surface area contributed by atoms with Crippen molar-refractivity contribution in [1.82, 2.24) is 5.32 Å². The summed E-state index contributed by atoms with van der Waals surface area (Å²) >= 11 is 0. The normalized spacial score (nSPS) is 9.00. The fourth-order valence-corrected chi connectivity index (χ4v) is 0.452. The molecule has 0 amide bonds. The molecule has 0 radical (unpaired) electrons. The van der Waals surface area contributed by atoms with Crippen LogP contribution in [0.5, 0.6) is 0 Å². The third kappa shape index (κ3) is 4.87. The van der Waals surface area contributed by atoms with Gasteiger partial charge in [-0.05, 0) is 13.8 Å². The van der Waals surface area contributed by atoms with Crippen LogP contribution in [0, 0.1) is 23.3 Å². The molecule has 1 N–H and O–H groups in total. The standard InChI is InChI=1S/C8H10N2O/c1-3-7-10-8(5-6-9)11-4-2/h5,10H,4H2,1-2H3/b8-5+. The molecule has 0 aliphatic carbocycles. The lowest BCUT2D eigenvalue weighted by Crippen LogP contribution is -2.08. The van der Waals surface area contributed by atoms with Gasteiger partial charge in [0.2, 0.25) is 5.88 Å². The molecule has 0 atom stereocenters. The van der Waals surface area contributed by atoms with E-state index in [-0.39, 0.29) is 0 Å². The molecule has 3 nitrogen and oxygen atoms in total. The molecule has 0 bridgehead atoms. The molecule has 0 aliphatic rings. The van der Waals surface area contributed by atoms with Crippen LogP contribution in [-0.2, 0) is 4.74 Å². The minimum atomic E-state index is 0.393. The van der Waals surface area contributed by atoms with Crippen LogP contribution in [0.2, 0.25) is 0 Å². The highest BCUT2D eigenvalue weighted by molar-refractivity contribution is 5.11. The Hall–Kier alpha value is -1.61. The molecule has 3 heteroatoms. The zero-order valence-corrected chi connectivity index (χ0v) is 6.64. The second-order valence-corrected chi connectivity index (χ2v) is 1.57. The minimum absolute atomic E-state index is 0.393. The Bertz CT molecular complexity index is 227. The topological polar surface area (TPSA) is 45.0 Å². The summed E-state index contributed by atoms with van der Waals surface area (Å²) in [6.07, 6.45) is 1.27. The first-order chi connectivity index (χ1) is 5.35. The van der Waals surface area contributed by atoms with Gasteiger partial charge >= 0.3 is 0 Å². The molecule has 11 heavy (non-hydrogen) atoms. The van der Waals surface area contributed by atoms with Crippen molar-refractivity contribution in [1.29, 1.82) is 5.26 Å². The SMILES string of the molecule is CC#CN/C(=C\C#N)OCC. The van der Waals surface area contributed by atoms with E-state index in [1.165, 1.54) is 6.08 Å². The average Bonchev–Trinajstić information content (AvgIpc) is 2.01. The highest BCUT2D eigenvalue weighted by Crippen LogP contribution is 1.88. The van der Waals surface area contributed by atoms with E-state index in [1.54, 1.807) is 6.92 Å². The van der Waals surface area contributed by atoms with Gasteiger partial charge in [-0.3, -0.25) is 5.32 Å². The van der Waals surface area contributed by atoms with Crippen molar-refractivity contribution < 1.29 is 4.74 Å². The van der Waals surface area contributed by atoms with Gasteiger partial charge in [-0.2, -0.15) is 5.26 Å². The van der Waals surface area contributed by atoms with Crippen LogP contribution < -0.4 is 5.32 Å². The Labute approximate surface area is 66.7 Å². The van der Waals surface area contributed by atoms with E-state index in [0.29, 0.717) is 12.5 Å². The molecule has 0 unspecified atom stereocenters. The molecule has 0 saturated heterocycles. The van der Waals surface area contributed by atoms with Crippen molar-refractivity contribution in [2.24, 2.45) is 0 Å². The van der Waals surface area contributed by atoms with E-state index in [0.717, 1.165) is 0 Å². The van der Waals surface area contributed by atoms with Gasteiger partial charge < -0.3 is 4.74 Å². The molecule has 0 aromatic heterocycles. The smallest absolute Gasteiger partial charge is 0.209 e. The molecule has 0 heterocycles. The van der Waals surface area contributed by atoms with Crippen LogP contribution in [0.4, 0.5) is 0 Å². The first kappa shape index (κ1) is 9.39. The summed E-state index contributed by atoms with van der Waals surface area (Å²) in [5, 5.41) is 10.9. The van der Waals surface area contributed by atoms with Crippen molar-refractivity contribution in [3.8, 4) is 18.0 Å². The molecule has 0 aromatic rings. The molecule has 58 valence electrons. The van der Waals surface area contributed by atoms with Crippen LogP contribution in [0.25, 0.3) is 0 Å². The van der Waals surface area contributed by atoms with E-state index in [9.17, 15) is 0 Å². The molecule has 0 aromatic carbocycles. The van der Waals surface area contributed by atoms with Crippen molar-refractivity contribution >= 4 is 0 Å².